The third kappa shape index (κ3) is 9.01. The number of hydrogen-bond acceptors (Lipinski definition) is 0. The summed E-state index contributed by atoms with van der Waals surface area (Å²) >= 11 is 0. The molecule has 6 nitrogen and oxygen atoms in total. The Hall–Kier alpha value is -14.5. The van der Waals surface area contributed by atoms with E-state index in [4.69, 9.17) is 0 Å². The summed E-state index contributed by atoms with van der Waals surface area (Å²) in [5.41, 5.74) is 30.1. The highest BCUT2D eigenvalue weighted by molar-refractivity contribution is 6.23. The van der Waals surface area contributed by atoms with Crippen molar-refractivity contribution in [2.45, 2.75) is 0 Å². The monoisotopic (exact) mass is 1370 g/mol. The van der Waals surface area contributed by atoms with E-state index in [1.807, 2.05) is 0 Å². The lowest BCUT2D eigenvalue weighted by Gasteiger charge is -2.13. The molecule has 0 saturated heterocycles. The number of hydrogen-bond donors (Lipinski definition) is 0. The predicted molar refractivity (Wildman–Crippen MR) is 454 cm³/mol. The van der Waals surface area contributed by atoms with E-state index in [-0.39, 0.29) is 0 Å². The highest BCUT2D eigenvalue weighted by Gasteiger charge is 2.25. The van der Waals surface area contributed by atoms with Gasteiger partial charge in [0.15, 0.2) is 0 Å². The van der Waals surface area contributed by atoms with Gasteiger partial charge in [-0.15, -0.1) is 0 Å². The van der Waals surface area contributed by atoms with Gasteiger partial charge in [0.25, 0.3) is 0 Å². The molecule has 108 heavy (non-hydrogen) atoms. The van der Waals surface area contributed by atoms with E-state index >= 15 is 0 Å². The molecule has 0 radical (unpaired) electrons. The second kappa shape index (κ2) is 23.5. The molecule has 0 saturated carbocycles. The van der Waals surface area contributed by atoms with Gasteiger partial charge in [-0.2, -0.15) is 0 Å². The second-order valence-electron chi connectivity index (χ2n) is 28.8. The average molecular weight is 1370 g/mol. The summed E-state index contributed by atoms with van der Waals surface area (Å²) in [5, 5.41) is 14.6. The van der Waals surface area contributed by atoms with Gasteiger partial charge in [-0.3, -0.25) is 0 Å². The third-order valence-corrected chi connectivity index (χ3v) is 22.9. The topological polar surface area (TPSA) is 29.6 Å². The van der Waals surface area contributed by atoms with E-state index in [1.54, 1.807) is 0 Å². The van der Waals surface area contributed by atoms with Crippen LogP contribution in [0.3, 0.4) is 0 Å². The molecule has 0 spiro atoms. The summed E-state index contributed by atoms with van der Waals surface area (Å²) in [6, 6.07) is 144. The Bertz CT molecular complexity index is 7650. The number of rotatable bonds is 10. The minimum absolute atomic E-state index is 1.10. The van der Waals surface area contributed by atoms with Crippen LogP contribution in [-0.4, -0.2) is 27.4 Å². The first-order valence-corrected chi connectivity index (χ1v) is 37.2. The van der Waals surface area contributed by atoms with Gasteiger partial charge in [-0.1, -0.05) is 224 Å². The van der Waals surface area contributed by atoms with Crippen molar-refractivity contribution >= 4 is 131 Å². The third-order valence-electron chi connectivity index (χ3n) is 22.9. The van der Waals surface area contributed by atoms with Crippen molar-refractivity contribution in [1.82, 2.24) is 27.4 Å². The van der Waals surface area contributed by atoms with Gasteiger partial charge in [0.05, 0.1) is 66.2 Å². The number of benzene rings is 17. The maximum absolute atomic E-state index is 2.50. The fraction of sp³-hybridized carbons (Fsp3) is 0. The van der Waals surface area contributed by atoms with Crippen molar-refractivity contribution in [3.05, 3.63) is 388 Å². The Balaban J connectivity index is 0.668. The Morgan fingerprint density at radius 1 is 0.120 bits per heavy atom. The van der Waals surface area contributed by atoms with E-state index in [1.165, 1.54) is 126 Å². The van der Waals surface area contributed by atoms with Gasteiger partial charge in [-0.05, 0) is 208 Å². The maximum Gasteiger partial charge on any atom is 0.0562 e. The van der Waals surface area contributed by atoms with Crippen LogP contribution in [-0.2, 0) is 0 Å². The molecule has 0 N–H and O–H groups in total. The smallest absolute Gasteiger partial charge is 0.0562 e. The molecule has 502 valence electrons. The van der Waals surface area contributed by atoms with Crippen LogP contribution in [0.1, 0.15) is 0 Å². The predicted octanol–water partition coefficient (Wildman–Crippen LogP) is 26.9. The van der Waals surface area contributed by atoms with Gasteiger partial charge in [0, 0.05) is 98.8 Å². The molecule has 6 heteroatoms. The van der Waals surface area contributed by atoms with Crippen molar-refractivity contribution in [3.63, 3.8) is 0 Å². The standard InChI is InChI=1S/C102H64N6/c1-5-25-65(26-6-1)66-27-21-37-76(55-66)108-96-54-51-70(69-50-52-94-83(58-69)79-39-13-17-44-90(79)103(94)72-30-7-2-8-31-72)60-85(96)89-62-87-81-41-15-19-46-92(81)107(99(87)64-101(89)108)77-38-23-29-71(57-77)78-43-24-48-97-102(78)82-42-16-20-47-93(82)106(97)75-36-22-28-67(56-75)68-49-53-95-84(59-68)88-61-86-80-40-14-18-45-91(80)104(73-32-9-3-10-33-73)98(86)63-100(88)105(95)74-34-11-4-12-35-74/h1-64H. The lowest BCUT2D eigenvalue weighted by atomic mass is 9.99. The molecule has 0 bridgehead atoms. The average Bonchev–Trinajstić information content (AvgIpc) is 1.56. The molecule has 17 aromatic carbocycles. The molecule has 0 aliphatic carbocycles. The van der Waals surface area contributed by atoms with Crippen LogP contribution >= 0.6 is 0 Å². The highest BCUT2D eigenvalue weighted by atomic mass is 15.0. The Morgan fingerprint density at radius 3 is 0.824 bits per heavy atom. The van der Waals surface area contributed by atoms with Crippen molar-refractivity contribution in [2.75, 3.05) is 0 Å². The summed E-state index contributed by atoms with van der Waals surface area (Å²) in [4.78, 5) is 0. The first kappa shape index (κ1) is 60.0. The quantitative estimate of drug-likeness (QED) is 0.131. The van der Waals surface area contributed by atoms with Crippen LogP contribution in [0.2, 0.25) is 0 Å². The van der Waals surface area contributed by atoms with Crippen molar-refractivity contribution in [2.24, 2.45) is 0 Å². The van der Waals surface area contributed by atoms with E-state index in [0.29, 0.717) is 0 Å². The minimum atomic E-state index is 1.10. The van der Waals surface area contributed by atoms with Gasteiger partial charge < -0.3 is 27.4 Å². The maximum atomic E-state index is 2.50. The number of nitrogens with zero attached hydrogens (tertiary/aromatic N) is 6. The minimum Gasteiger partial charge on any atom is -0.309 e. The Labute approximate surface area is 621 Å². The second-order valence-corrected chi connectivity index (χ2v) is 28.8. The van der Waals surface area contributed by atoms with Crippen LogP contribution in [0.25, 0.3) is 209 Å². The first-order chi connectivity index (χ1) is 53.6. The summed E-state index contributed by atoms with van der Waals surface area (Å²) in [6.45, 7) is 0. The van der Waals surface area contributed by atoms with E-state index in [9.17, 15) is 0 Å². The molecule has 0 atom stereocenters. The van der Waals surface area contributed by atoms with Gasteiger partial charge in [0.2, 0.25) is 0 Å². The molecule has 6 aromatic heterocycles. The number of para-hydroxylation sites is 7. The van der Waals surface area contributed by atoms with Crippen LogP contribution in [0.5, 0.6) is 0 Å². The first-order valence-electron chi connectivity index (χ1n) is 37.2. The van der Waals surface area contributed by atoms with Crippen molar-refractivity contribution in [3.8, 4) is 78.6 Å². The number of fused-ring (bicyclic) bond motifs is 18. The zero-order valence-corrected chi connectivity index (χ0v) is 58.6. The largest absolute Gasteiger partial charge is 0.309 e. The number of aromatic nitrogens is 6. The van der Waals surface area contributed by atoms with Crippen LogP contribution in [0.15, 0.2) is 388 Å². The SMILES string of the molecule is c1ccc(-c2cccc(-n3c4ccc(-c5ccc6c(c5)c5ccccc5n6-c5ccccc5)cc4c4cc5c6ccccc6n(-c6cccc(-c7cccc8c7c7ccccc7n8-c7cccc(-c8ccc9c(c8)c8cc%10c%11ccccc%11n(-c%11ccccc%11)c%10cc8n9-c8ccccc8)c7)c6)c5cc43)c2)cc1. The Morgan fingerprint density at radius 2 is 0.380 bits per heavy atom. The van der Waals surface area contributed by atoms with Gasteiger partial charge in [-0.25, -0.2) is 0 Å². The summed E-state index contributed by atoms with van der Waals surface area (Å²) in [6.07, 6.45) is 0. The van der Waals surface area contributed by atoms with Crippen molar-refractivity contribution in [1.29, 1.82) is 0 Å². The lowest BCUT2D eigenvalue weighted by Crippen LogP contribution is -1.97. The van der Waals surface area contributed by atoms with Gasteiger partial charge in [0.1, 0.15) is 0 Å². The molecule has 23 rings (SSSR count). The van der Waals surface area contributed by atoms with Gasteiger partial charge >= 0.3 is 0 Å². The summed E-state index contributed by atoms with van der Waals surface area (Å²) in [7, 11) is 0. The van der Waals surface area contributed by atoms with Crippen LogP contribution in [0, 0.1) is 0 Å². The fourth-order valence-corrected chi connectivity index (χ4v) is 18.2. The molecule has 0 aliphatic rings. The van der Waals surface area contributed by atoms with Crippen LogP contribution in [0.4, 0.5) is 0 Å². The summed E-state index contributed by atoms with van der Waals surface area (Å²) < 4.78 is 14.7. The lowest BCUT2D eigenvalue weighted by molar-refractivity contribution is 1.16. The molecule has 0 amide bonds. The summed E-state index contributed by atoms with van der Waals surface area (Å²) in [5.74, 6) is 0. The zero-order valence-electron chi connectivity index (χ0n) is 58.6. The van der Waals surface area contributed by atoms with E-state index in [2.05, 4.69) is 416 Å². The van der Waals surface area contributed by atoms with E-state index in [0.717, 1.165) is 83.9 Å². The fourth-order valence-electron chi connectivity index (χ4n) is 18.2. The molecular formula is C102H64N6. The molecule has 23 aromatic rings. The molecule has 0 aliphatic heterocycles. The zero-order chi connectivity index (χ0) is 70.7. The normalized spacial score (nSPS) is 12.1. The van der Waals surface area contributed by atoms with Crippen LogP contribution < -0.4 is 0 Å². The molecule has 6 heterocycles. The molecular weight excluding hydrogens is 1310 g/mol. The molecule has 0 unspecified atom stereocenters. The Kier molecular flexibility index (Phi) is 13.1. The van der Waals surface area contributed by atoms with E-state index < -0.39 is 0 Å². The molecule has 0 fully saturated rings. The van der Waals surface area contributed by atoms with Crippen molar-refractivity contribution < 1.29 is 0 Å². The highest BCUT2D eigenvalue weighted by Crippen LogP contribution is 2.47.